The van der Waals surface area contributed by atoms with E-state index in [0.717, 1.165) is 35.6 Å². The molecule has 1 fully saturated rings. The van der Waals surface area contributed by atoms with Gasteiger partial charge in [-0.05, 0) is 57.7 Å². The summed E-state index contributed by atoms with van der Waals surface area (Å²) in [6.07, 6.45) is 0.729. The Labute approximate surface area is 195 Å². The lowest BCUT2D eigenvalue weighted by atomic mass is 10.2. The third kappa shape index (κ3) is 3.89. The summed E-state index contributed by atoms with van der Waals surface area (Å²) in [6.45, 7) is 5.15. The lowest BCUT2D eigenvalue weighted by Gasteiger charge is -2.34. The van der Waals surface area contributed by atoms with Crippen molar-refractivity contribution in [2.75, 3.05) is 44.4 Å². The van der Waals surface area contributed by atoms with Gasteiger partial charge in [0.1, 0.15) is 0 Å². The quantitative estimate of drug-likeness (QED) is 0.615. The predicted octanol–water partition coefficient (Wildman–Crippen LogP) is 2.59. The summed E-state index contributed by atoms with van der Waals surface area (Å²) >= 11 is 3.45. The van der Waals surface area contributed by atoms with Crippen LogP contribution < -0.4 is 14.4 Å². The second-order valence-corrected chi connectivity index (χ2v) is 11.0. The molecule has 170 valence electrons. The summed E-state index contributed by atoms with van der Waals surface area (Å²) in [7, 11) is -3.68. The lowest BCUT2D eigenvalue weighted by molar-refractivity contribution is -0.116. The molecule has 3 aliphatic heterocycles. The van der Waals surface area contributed by atoms with Crippen LogP contribution in [-0.2, 0) is 27.8 Å². The van der Waals surface area contributed by atoms with Crippen molar-refractivity contribution < 1.29 is 22.7 Å². The van der Waals surface area contributed by atoms with E-state index in [-0.39, 0.29) is 17.6 Å². The average Bonchev–Trinajstić information content (AvgIpc) is 3.39. The van der Waals surface area contributed by atoms with Crippen molar-refractivity contribution in [1.82, 2.24) is 9.21 Å². The van der Waals surface area contributed by atoms with Crippen molar-refractivity contribution in [2.24, 2.45) is 0 Å². The number of hydrogen-bond donors (Lipinski definition) is 0. The van der Waals surface area contributed by atoms with Crippen LogP contribution >= 0.6 is 15.9 Å². The number of anilines is 1. The minimum atomic E-state index is -3.68. The summed E-state index contributed by atoms with van der Waals surface area (Å²) < 4.78 is 39.7. The zero-order valence-corrected chi connectivity index (χ0v) is 20.1. The Hall–Kier alpha value is -2.14. The number of hydrogen-bond acceptors (Lipinski definition) is 6. The molecule has 1 amide bonds. The normalized spacial score (nSPS) is 18.8. The van der Waals surface area contributed by atoms with E-state index in [9.17, 15) is 13.2 Å². The van der Waals surface area contributed by atoms with Crippen LogP contribution in [0.1, 0.15) is 18.1 Å². The molecule has 0 spiro atoms. The monoisotopic (exact) mass is 521 g/mol. The number of fused-ring (bicyclic) bond motifs is 2. The number of nitrogens with zero attached hydrogens (tertiary/aromatic N) is 3. The average molecular weight is 522 g/mol. The van der Waals surface area contributed by atoms with E-state index in [1.165, 1.54) is 11.2 Å². The Morgan fingerprint density at radius 2 is 1.78 bits per heavy atom. The van der Waals surface area contributed by atoms with Gasteiger partial charge in [-0.15, -0.1) is 0 Å². The first-order valence-corrected chi connectivity index (χ1v) is 12.8. The molecule has 32 heavy (non-hydrogen) atoms. The van der Waals surface area contributed by atoms with E-state index in [1.54, 1.807) is 11.0 Å². The Kier molecular flexibility index (Phi) is 5.65. The highest BCUT2D eigenvalue weighted by Crippen LogP contribution is 2.37. The van der Waals surface area contributed by atoms with Crippen molar-refractivity contribution in [3.63, 3.8) is 0 Å². The van der Waals surface area contributed by atoms with E-state index in [0.29, 0.717) is 42.9 Å². The molecule has 0 radical (unpaired) electrons. The van der Waals surface area contributed by atoms with E-state index in [2.05, 4.69) is 20.8 Å². The number of carbonyl (C=O) groups excluding carboxylic acids is 1. The lowest BCUT2D eigenvalue weighted by Crippen LogP contribution is -2.48. The summed E-state index contributed by atoms with van der Waals surface area (Å²) in [5, 5.41) is 0. The molecular weight excluding hydrogens is 498 g/mol. The number of rotatable bonds is 4. The minimum absolute atomic E-state index is 0.0773. The van der Waals surface area contributed by atoms with Gasteiger partial charge in [-0.1, -0.05) is 6.07 Å². The Morgan fingerprint density at radius 3 is 2.53 bits per heavy atom. The zero-order valence-electron chi connectivity index (χ0n) is 17.7. The summed E-state index contributed by atoms with van der Waals surface area (Å²) in [4.78, 5) is 16.0. The smallest absolute Gasteiger partial charge is 0.244 e. The van der Waals surface area contributed by atoms with Crippen LogP contribution in [0.4, 0.5) is 5.69 Å². The molecule has 3 aliphatic rings. The van der Waals surface area contributed by atoms with Crippen LogP contribution in [0.3, 0.4) is 0 Å². The molecule has 0 aromatic heterocycles. The van der Waals surface area contributed by atoms with Crippen molar-refractivity contribution in [3.8, 4) is 11.5 Å². The van der Waals surface area contributed by atoms with Gasteiger partial charge in [0.25, 0.3) is 0 Å². The first kappa shape index (κ1) is 21.7. The van der Waals surface area contributed by atoms with Gasteiger partial charge in [0.15, 0.2) is 11.5 Å². The number of halogens is 1. The third-order valence-corrected chi connectivity index (χ3v) is 9.06. The summed E-state index contributed by atoms with van der Waals surface area (Å²) in [5.41, 5.74) is 2.79. The molecule has 10 heteroatoms. The fraction of sp³-hybridized carbons (Fsp3) is 0.409. The Morgan fingerprint density at radius 1 is 1.03 bits per heavy atom. The standard InChI is InChI=1S/C22H24BrN3O5S/c1-15(27)26-5-4-17-11-18(23)22(12-19(17)26)32(28,29)25-8-6-24(7-9-25)13-16-2-3-20-21(10-16)31-14-30-20/h2-3,10-12H,4-9,13-14H2,1H3. The fourth-order valence-electron chi connectivity index (χ4n) is 4.48. The van der Waals surface area contributed by atoms with Crippen LogP contribution in [-0.4, -0.2) is 63.0 Å². The van der Waals surface area contributed by atoms with Gasteiger partial charge in [-0.25, -0.2) is 8.42 Å². The van der Waals surface area contributed by atoms with Gasteiger partial charge in [-0.2, -0.15) is 4.31 Å². The highest BCUT2D eigenvalue weighted by molar-refractivity contribution is 9.10. The maximum atomic E-state index is 13.4. The fourth-order valence-corrected chi connectivity index (χ4v) is 6.97. The molecule has 0 unspecified atom stereocenters. The van der Waals surface area contributed by atoms with Crippen molar-refractivity contribution in [1.29, 1.82) is 0 Å². The zero-order chi connectivity index (χ0) is 22.5. The van der Waals surface area contributed by atoms with Crippen LogP contribution in [0.25, 0.3) is 0 Å². The number of sulfonamides is 1. The third-order valence-electron chi connectivity index (χ3n) is 6.20. The molecule has 5 rings (SSSR count). The molecule has 8 nitrogen and oxygen atoms in total. The largest absolute Gasteiger partial charge is 0.454 e. The molecule has 1 saturated heterocycles. The number of benzene rings is 2. The highest BCUT2D eigenvalue weighted by Gasteiger charge is 2.33. The summed E-state index contributed by atoms with van der Waals surface area (Å²) in [6, 6.07) is 9.38. The van der Waals surface area contributed by atoms with E-state index in [1.807, 2.05) is 24.3 Å². The molecule has 0 bridgehead atoms. The number of piperazine rings is 1. The van der Waals surface area contributed by atoms with Gasteiger partial charge in [0.2, 0.25) is 22.7 Å². The first-order valence-electron chi connectivity index (χ1n) is 10.5. The van der Waals surface area contributed by atoms with Crippen molar-refractivity contribution in [3.05, 3.63) is 45.9 Å². The topological polar surface area (TPSA) is 79.4 Å². The molecule has 2 aromatic rings. The number of ether oxygens (including phenoxy) is 2. The molecule has 0 atom stereocenters. The second kappa shape index (κ2) is 8.33. The molecule has 0 aliphatic carbocycles. The van der Waals surface area contributed by atoms with E-state index in [4.69, 9.17) is 9.47 Å². The van der Waals surface area contributed by atoms with Crippen LogP contribution in [0.2, 0.25) is 0 Å². The minimum Gasteiger partial charge on any atom is -0.454 e. The predicted molar refractivity (Wildman–Crippen MR) is 122 cm³/mol. The van der Waals surface area contributed by atoms with Crippen LogP contribution in [0.15, 0.2) is 39.7 Å². The Bertz CT molecular complexity index is 1180. The number of amides is 1. The highest BCUT2D eigenvalue weighted by atomic mass is 79.9. The SMILES string of the molecule is CC(=O)N1CCc2cc(Br)c(S(=O)(=O)N3CCN(Cc4ccc5c(c4)OCO5)CC3)cc21. The van der Waals surface area contributed by atoms with Crippen molar-refractivity contribution in [2.45, 2.75) is 24.8 Å². The van der Waals surface area contributed by atoms with Gasteiger partial charge in [0.05, 0.1) is 4.90 Å². The first-order chi connectivity index (χ1) is 15.3. The molecule has 3 heterocycles. The van der Waals surface area contributed by atoms with E-state index < -0.39 is 10.0 Å². The maximum absolute atomic E-state index is 13.4. The number of carbonyl (C=O) groups is 1. The van der Waals surface area contributed by atoms with Crippen LogP contribution in [0, 0.1) is 0 Å². The van der Waals surface area contributed by atoms with Gasteiger partial charge in [0, 0.05) is 56.4 Å². The van der Waals surface area contributed by atoms with E-state index >= 15 is 0 Å². The maximum Gasteiger partial charge on any atom is 0.244 e. The molecular formula is C22H24BrN3O5S. The molecule has 0 saturated carbocycles. The molecule has 0 N–H and O–H groups in total. The van der Waals surface area contributed by atoms with Gasteiger partial charge in [-0.3, -0.25) is 9.69 Å². The van der Waals surface area contributed by atoms with Gasteiger partial charge >= 0.3 is 0 Å². The second-order valence-electron chi connectivity index (χ2n) is 8.20. The van der Waals surface area contributed by atoms with Crippen molar-refractivity contribution >= 4 is 37.5 Å². The van der Waals surface area contributed by atoms with Gasteiger partial charge < -0.3 is 14.4 Å². The summed E-state index contributed by atoms with van der Waals surface area (Å²) in [5.74, 6) is 1.43. The Balaban J connectivity index is 1.29. The van der Waals surface area contributed by atoms with Crippen LogP contribution in [0.5, 0.6) is 11.5 Å². The molecule has 2 aromatic carbocycles.